The molecule has 0 aromatic heterocycles. The SMILES string of the molecule is C=S(=O)(c1ccc(OCCCC(=O)N=CN)cc1)C1(C(N)=O)CCCCC1. The van der Waals surface area contributed by atoms with E-state index in [4.69, 9.17) is 16.2 Å². The molecule has 2 rings (SSSR count). The van der Waals surface area contributed by atoms with Gasteiger partial charge in [-0.15, -0.1) is 0 Å². The third-order valence-electron chi connectivity index (χ3n) is 4.97. The molecule has 0 saturated heterocycles. The number of carbonyl (C=O) groups excluding carboxylic acids is 2. The lowest BCUT2D eigenvalue weighted by Crippen LogP contribution is -2.51. The van der Waals surface area contributed by atoms with Gasteiger partial charge in [-0.1, -0.05) is 19.3 Å². The molecule has 27 heavy (non-hydrogen) atoms. The maximum Gasteiger partial charge on any atom is 0.247 e. The molecule has 4 N–H and O–H groups in total. The Morgan fingerprint density at radius 3 is 2.41 bits per heavy atom. The molecule has 0 heterocycles. The molecule has 1 aliphatic rings. The first-order chi connectivity index (χ1) is 12.8. The fraction of sp³-hybridized carbons (Fsp3) is 0.474. The number of benzene rings is 1. The van der Waals surface area contributed by atoms with Crippen LogP contribution < -0.4 is 16.2 Å². The number of hydrogen-bond donors (Lipinski definition) is 2. The Balaban J connectivity index is 2.05. The molecule has 1 aliphatic carbocycles. The van der Waals surface area contributed by atoms with Gasteiger partial charge in [0.2, 0.25) is 11.8 Å². The second kappa shape index (κ2) is 9.03. The van der Waals surface area contributed by atoms with Gasteiger partial charge in [0.15, 0.2) is 0 Å². The summed E-state index contributed by atoms with van der Waals surface area (Å²) in [7, 11) is -2.88. The molecule has 1 saturated carbocycles. The second-order valence-corrected chi connectivity index (χ2v) is 9.29. The quantitative estimate of drug-likeness (QED) is 0.300. The summed E-state index contributed by atoms with van der Waals surface area (Å²) >= 11 is 0. The molecule has 1 atom stereocenters. The van der Waals surface area contributed by atoms with Crippen LogP contribution >= 0.6 is 0 Å². The lowest BCUT2D eigenvalue weighted by molar-refractivity contribution is -0.121. The minimum Gasteiger partial charge on any atom is -0.494 e. The number of carbonyl (C=O) groups is 2. The van der Waals surface area contributed by atoms with Crippen molar-refractivity contribution in [1.29, 1.82) is 0 Å². The molecule has 0 spiro atoms. The zero-order chi connectivity index (χ0) is 19.9. The summed E-state index contributed by atoms with van der Waals surface area (Å²) < 4.78 is 18.0. The number of nitrogens with two attached hydrogens (primary N) is 2. The molecule has 1 unspecified atom stereocenters. The van der Waals surface area contributed by atoms with Crippen LogP contribution in [0.1, 0.15) is 44.9 Å². The van der Waals surface area contributed by atoms with Gasteiger partial charge in [-0.3, -0.25) is 13.8 Å². The number of primary amides is 1. The first kappa shape index (κ1) is 21.0. The topological polar surface area (TPSA) is 125 Å². The molecular formula is C19H27N3O4S. The van der Waals surface area contributed by atoms with Crippen molar-refractivity contribution in [3.63, 3.8) is 0 Å². The summed E-state index contributed by atoms with van der Waals surface area (Å²) in [6, 6.07) is 6.73. The molecule has 0 bridgehead atoms. The third-order valence-corrected chi connectivity index (χ3v) is 7.87. The van der Waals surface area contributed by atoms with E-state index in [1.54, 1.807) is 24.3 Å². The summed E-state index contributed by atoms with van der Waals surface area (Å²) in [6.07, 6.45) is 5.39. The average molecular weight is 394 g/mol. The zero-order valence-corrected chi connectivity index (χ0v) is 16.2. The number of amides is 2. The maximum absolute atomic E-state index is 13.5. The summed E-state index contributed by atoms with van der Waals surface area (Å²) in [5.41, 5.74) is 10.7. The summed E-state index contributed by atoms with van der Waals surface area (Å²) in [4.78, 5) is 27.4. The van der Waals surface area contributed by atoms with Gasteiger partial charge in [0.05, 0.1) is 12.9 Å². The molecule has 1 fully saturated rings. The smallest absolute Gasteiger partial charge is 0.247 e. The highest BCUT2D eigenvalue weighted by Gasteiger charge is 2.46. The first-order valence-corrected chi connectivity index (χ1v) is 10.7. The van der Waals surface area contributed by atoms with Gasteiger partial charge >= 0.3 is 0 Å². The van der Waals surface area contributed by atoms with Crippen LogP contribution in [0.2, 0.25) is 0 Å². The van der Waals surface area contributed by atoms with Crippen molar-refractivity contribution in [3.05, 3.63) is 24.3 Å². The fourth-order valence-electron chi connectivity index (χ4n) is 3.40. The van der Waals surface area contributed by atoms with Crippen molar-refractivity contribution >= 4 is 33.5 Å². The third kappa shape index (κ3) is 4.68. The van der Waals surface area contributed by atoms with E-state index in [0.717, 1.165) is 25.6 Å². The Bertz CT molecular complexity index is 795. The van der Waals surface area contributed by atoms with Crippen molar-refractivity contribution in [2.24, 2.45) is 16.5 Å². The van der Waals surface area contributed by atoms with E-state index in [9.17, 15) is 13.8 Å². The van der Waals surface area contributed by atoms with Crippen LogP contribution in [-0.2, 0) is 19.1 Å². The van der Waals surface area contributed by atoms with Crippen molar-refractivity contribution in [1.82, 2.24) is 0 Å². The predicted octanol–water partition coefficient (Wildman–Crippen LogP) is 1.62. The molecule has 8 heteroatoms. The number of ether oxygens (including phenoxy) is 1. The van der Waals surface area contributed by atoms with Crippen molar-refractivity contribution in [2.75, 3.05) is 6.61 Å². The molecule has 1 aromatic rings. The van der Waals surface area contributed by atoms with Gasteiger partial charge in [0, 0.05) is 20.8 Å². The summed E-state index contributed by atoms with van der Waals surface area (Å²) in [6.45, 7) is 0.343. The Morgan fingerprint density at radius 2 is 1.85 bits per heavy atom. The monoisotopic (exact) mass is 393 g/mol. The number of nitrogens with zero attached hydrogens (tertiary/aromatic N) is 1. The van der Waals surface area contributed by atoms with E-state index in [1.165, 1.54) is 0 Å². The van der Waals surface area contributed by atoms with Crippen molar-refractivity contribution in [3.8, 4) is 5.75 Å². The van der Waals surface area contributed by atoms with Gasteiger partial charge in [-0.2, -0.15) is 0 Å². The van der Waals surface area contributed by atoms with Crippen LogP contribution in [0, 0.1) is 0 Å². The predicted molar refractivity (Wildman–Crippen MR) is 107 cm³/mol. The van der Waals surface area contributed by atoms with Crippen LogP contribution in [0.3, 0.4) is 0 Å². The van der Waals surface area contributed by atoms with Gasteiger partial charge < -0.3 is 16.2 Å². The number of hydrogen-bond acceptors (Lipinski definition) is 4. The Morgan fingerprint density at radius 1 is 1.22 bits per heavy atom. The molecule has 2 amide bonds. The van der Waals surface area contributed by atoms with Gasteiger partial charge in [-0.25, -0.2) is 4.99 Å². The highest BCUT2D eigenvalue weighted by Crippen LogP contribution is 2.39. The first-order valence-electron chi connectivity index (χ1n) is 9.00. The molecule has 0 aliphatic heterocycles. The van der Waals surface area contributed by atoms with E-state index in [0.29, 0.717) is 36.5 Å². The van der Waals surface area contributed by atoms with Crippen LogP contribution in [0.15, 0.2) is 34.2 Å². The van der Waals surface area contributed by atoms with Crippen molar-refractivity contribution in [2.45, 2.75) is 54.6 Å². The number of aliphatic imine (C=N–C) groups is 1. The van der Waals surface area contributed by atoms with E-state index in [2.05, 4.69) is 10.9 Å². The van der Waals surface area contributed by atoms with Crippen LogP contribution in [0.4, 0.5) is 0 Å². The summed E-state index contributed by atoms with van der Waals surface area (Å²) in [5.74, 6) is 3.68. The summed E-state index contributed by atoms with van der Waals surface area (Å²) in [5, 5.41) is 0. The van der Waals surface area contributed by atoms with Gasteiger partial charge in [-0.05, 0) is 49.4 Å². The zero-order valence-electron chi connectivity index (χ0n) is 15.4. The normalized spacial score (nSPS) is 18.7. The van der Waals surface area contributed by atoms with E-state index >= 15 is 0 Å². The largest absolute Gasteiger partial charge is 0.494 e. The van der Waals surface area contributed by atoms with Crippen LogP contribution in [0.25, 0.3) is 0 Å². The molecule has 0 radical (unpaired) electrons. The Kier molecular flexibility index (Phi) is 7.01. The van der Waals surface area contributed by atoms with E-state index in [-0.39, 0.29) is 12.3 Å². The Labute approximate surface area is 160 Å². The number of rotatable bonds is 8. The van der Waals surface area contributed by atoms with Crippen molar-refractivity contribution < 1.29 is 18.5 Å². The van der Waals surface area contributed by atoms with Gasteiger partial charge in [0.25, 0.3) is 0 Å². The average Bonchev–Trinajstić information content (AvgIpc) is 2.66. The highest BCUT2D eigenvalue weighted by molar-refractivity contribution is 8.02. The molecule has 1 aromatic carbocycles. The molecular weight excluding hydrogens is 366 g/mol. The molecule has 148 valence electrons. The minimum atomic E-state index is -2.88. The lowest BCUT2D eigenvalue weighted by Gasteiger charge is -2.37. The Hall–Kier alpha value is -2.35. The van der Waals surface area contributed by atoms with Crippen LogP contribution in [-0.4, -0.2) is 39.6 Å². The fourth-order valence-corrected chi connectivity index (χ4v) is 5.70. The highest BCUT2D eigenvalue weighted by atomic mass is 32.2. The second-order valence-electron chi connectivity index (χ2n) is 6.69. The van der Waals surface area contributed by atoms with E-state index in [1.807, 2.05) is 0 Å². The lowest BCUT2D eigenvalue weighted by atomic mass is 9.88. The molecule has 7 nitrogen and oxygen atoms in total. The van der Waals surface area contributed by atoms with Gasteiger partial charge in [0.1, 0.15) is 10.5 Å². The van der Waals surface area contributed by atoms with E-state index < -0.39 is 20.2 Å². The maximum atomic E-state index is 13.5. The minimum absolute atomic E-state index is 0.250. The standard InChI is InChI=1S/C19H27N3O4S/c1-27(25,19(18(21)24)11-3-2-4-12-19)16-9-7-15(8-10-16)26-13-5-6-17(23)22-14-20/h7-10,14H,1-6,11-13H2,(H2,21,24)(H2,20,22,23). The van der Waals surface area contributed by atoms with Crippen LogP contribution in [0.5, 0.6) is 5.75 Å².